The first-order chi connectivity index (χ1) is 14.6. The predicted molar refractivity (Wildman–Crippen MR) is 119 cm³/mol. The average Bonchev–Trinajstić information content (AvgIpc) is 2.77. The minimum Gasteiger partial charge on any atom is -0.343 e. The lowest BCUT2D eigenvalue weighted by atomic mass is 9.92. The van der Waals surface area contributed by atoms with Crippen molar-refractivity contribution in [1.29, 1.82) is 0 Å². The Morgan fingerprint density at radius 3 is 2.73 bits per heavy atom. The number of carbonyl (C=O) groups is 1. The number of benzene rings is 1. The number of H-pyrrole nitrogens is 1. The molecule has 2 aliphatic rings. The van der Waals surface area contributed by atoms with Crippen molar-refractivity contribution in [3.8, 4) is 0 Å². The third-order valence-corrected chi connectivity index (χ3v) is 6.97. The van der Waals surface area contributed by atoms with Crippen molar-refractivity contribution < 1.29 is 4.79 Å². The van der Waals surface area contributed by atoms with Gasteiger partial charge in [-0.15, -0.1) is 0 Å². The Labute approximate surface area is 178 Å². The third-order valence-electron chi connectivity index (χ3n) is 6.97. The first-order valence-electron chi connectivity index (χ1n) is 11.6. The number of aryl methyl sites for hydroxylation is 1. The number of piperidine rings is 2. The minimum atomic E-state index is -0.133. The highest BCUT2D eigenvalue weighted by atomic mass is 16.2. The van der Waals surface area contributed by atoms with Crippen molar-refractivity contribution in [2.24, 2.45) is 5.92 Å². The van der Waals surface area contributed by atoms with Gasteiger partial charge in [-0.05, 0) is 70.2 Å². The molecule has 1 aromatic heterocycles. The molecule has 3 heterocycles. The second-order valence-corrected chi connectivity index (χ2v) is 9.02. The highest BCUT2D eigenvalue weighted by molar-refractivity contribution is 5.78. The molecule has 6 nitrogen and oxygen atoms in total. The molecule has 6 heteroatoms. The van der Waals surface area contributed by atoms with Gasteiger partial charge in [0.15, 0.2) is 0 Å². The predicted octanol–water partition coefficient (Wildman–Crippen LogP) is 3.36. The Morgan fingerprint density at radius 1 is 1.13 bits per heavy atom. The van der Waals surface area contributed by atoms with Crippen LogP contribution in [0, 0.1) is 5.92 Å². The third kappa shape index (κ3) is 5.09. The van der Waals surface area contributed by atoms with Crippen molar-refractivity contribution in [1.82, 2.24) is 19.8 Å². The fourth-order valence-electron chi connectivity index (χ4n) is 4.95. The molecule has 0 bridgehead atoms. The number of rotatable bonds is 6. The van der Waals surface area contributed by atoms with E-state index in [9.17, 15) is 9.59 Å². The van der Waals surface area contributed by atoms with Crippen LogP contribution in [0.15, 0.2) is 29.1 Å². The van der Waals surface area contributed by atoms with E-state index < -0.39 is 0 Å². The van der Waals surface area contributed by atoms with E-state index in [0.29, 0.717) is 29.6 Å². The van der Waals surface area contributed by atoms with Crippen molar-refractivity contribution in [2.45, 2.75) is 64.3 Å². The standard InChI is InChI=1S/C24H34N4O2/c1-18-6-4-5-14-27(18)15-11-19-12-16-28(17-13-19)23(29)10-9-22-25-21-8-3-2-7-20(21)24(30)26-22/h2-3,7-8,18-19H,4-6,9-17H2,1H3,(H,25,26,30). The van der Waals surface area contributed by atoms with Gasteiger partial charge in [0.25, 0.3) is 5.56 Å². The molecule has 0 saturated carbocycles. The molecule has 2 fully saturated rings. The fraction of sp³-hybridized carbons (Fsp3) is 0.625. The van der Waals surface area contributed by atoms with Crippen LogP contribution < -0.4 is 5.56 Å². The summed E-state index contributed by atoms with van der Waals surface area (Å²) in [6, 6.07) is 8.05. The normalized spacial score (nSPS) is 21.2. The van der Waals surface area contributed by atoms with E-state index in [1.807, 2.05) is 23.1 Å². The molecular formula is C24H34N4O2. The summed E-state index contributed by atoms with van der Waals surface area (Å²) >= 11 is 0. The molecule has 1 unspecified atom stereocenters. The molecule has 1 atom stereocenters. The van der Waals surface area contributed by atoms with Crippen LogP contribution in [0.5, 0.6) is 0 Å². The number of nitrogens with one attached hydrogen (secondary N) is 1. The lowest BCUT2D eigenvalue weighted by Gasteiger charge is -2.36. The van der Waals surface area contributed by atoms with E-state index >= 15 is 0 Å². The van der Waals surface area contributed by atoms with E-state index in [2.05, 4.69) is 21.8 Å². The molecule has 2 aromatic rings. The molecular weight excluding hydrogens is 376 g/mol. The van der Waals surface area contributed by atoms with Crippen LogP contribution in [0.2, 0.25) is 0 Å². The SMILES string of the molecule is CC1CCCCN1CCC1CCN(C(=O)CCc2nc3ccccc3c(=O)[nH]2)CC1. The summed E-state index contributed by atoms with van der Waals surface area (Å²) < 4.78 is 0. The van der Waals surface area contributed by atoms with Gasteiger partial charge < -0.3 is 14.8 Å². The first kappa shape index (κ1) is 21.0. The zero-order valence-electron chi connectivity index (χ0n) is 18.1. The number of hydrogen-bond acceptors (Lipinski definition) is 4. The van der Waals surface area contributed by atoms with Crippen LogP contribution in [0.1, 0.15) is 57.7 Å². The maximum absolute atomic E-state index is 12.7. The Hall–Kier alpha value is -2.21. The zero-order valence-corrected chi connectivity index (χ0v) is 18.1. The van der Waals surface area contributed by atoms with Gasteiger partial charge in [-0.25, -0.2) is 4.98 Å². The van der Waals surface area contributed by atoms with Crippen LogP contribution >= 0.6 is 0 Å². The summed E-state index contributed by atoms with van der Waals surface area (Å²) in [6.45, 7) is 6.55. The summed E-state index contributed by atoms with van der Waals surface area (Å²) in [7, 11) is 0. The van der Waals surface area contributed by atoms with Crippen LogP contribution in [0.4, 0.5) is 0 Å². The highest BCUT2D eigenvalue weighted by Gasteiger charge is 2.24. The lowest BCUT2D eigenvalue weighted by molar-refractivity contribution is -0.132. The summed E-state index contributed by atoms with van der Waals surface area (Å²) in [5.41, 5.74) is 0.555. The van der Waals surface area contributed by atoms with Crippen molar-refractivity contribution >= 4 is 16.8 Å². The topological polar surface area (TPSA) is 69.3 Å². The average molecular weight is 411 g/mol. The molecule has 0 aliphatic carbocycles. The second kappa shape index (κ2) is 9.73. The van der Waals surface area contributed by atoms with Crippen LogP contribution in [-0.4, -0.2) is 57.9 Å². The quantitative estimate of drug-likeness (QED) is 0.793. The van der Waals surface area contributed by atoms with Gasteiger partial charge >= 0.3 is 0 Å². The largest absolute Gasteiger partial charge is 0.343 e. The van der Waals surface area contributed by atoms with Gasteiger partial charge in [0.1, 0.15) is 5.82 Å². The second-order valence-electron chi connectivity index (χ2n) is 9.02. The number of amides is 1. The summed E-state index contributed by atoms with van der Waals surface area (Å²) in [4.78, 5) is 36.8. The molecule has 0 radical (unpaired) electrons. The molecule has 0 spiro atoms. The maximum atomic E-state index is 12.7. The summed E-state index contributed by atoms with van der Waals surface area (Å²) in [5.74, 6) is 1.51. The number of likely N-dealkylation sites (tertiary alicyclic amines) is 2. The van der Waals surface area contributed by atoms with E-state index in [0.717, 1.165) is 37.9 Å². The Bertz CT molecular complexity index is 917. The summed E-state index contributed by atoms with van der Waals surface area (Å²) in [6.07, 6.45) is 8.41. The van der Waals surface area contributed by atoms with E-state index in [-0.39, 0.29) is 11.5 Å². The Balaban J connectivity index is 1.22. The van der Waals surface area contributed by atoms with Crippen molar-refractivity contribution in [3.05, 3.63) is 40.4 Å². The van der Waals surface area contributed by atoms with Gasteiger partial charge in [-0.3, -0.25) is 9.59 Å². The van der Waals surface area contributed by atoms with Gasteiger partial charge in [-0.2, -0.15) is 0 Å². The van der Waals surface area contributed by atoms with Crippen LogP contribution in [0.3, 0.4) is 0 Å². The van der Waals surface area contributed by atoms with Crippen LogP contribution in [0.25, 0.3) is 10.9 Å². The molecule has 1 amide bonds. The molecule has 4 rings (SSSR count). The number of hydrogen-bond donors (Lipinski definition) is 1. The van der Waals surface area contributed by atoms with E-state index in [1.165, 1.54) is 38.8 Å². The zero-order chi connectivity index (χ0) is 20.9. The Kier molecular flexibility index (Phi) is 6.82. The highest BCUT2D eigenvalue weighted by Crippen LogP contribution is 2.24. The minimum absolute atomic E-state index is 0.133. The van der Waals surface area contributed by atoms with Crippen molar-refractivity contribution in [2.75, 3.05) is 26.2 Å². The van der Waals surface area contributed by atoms with E-state index in [4.69, 9.17) is 0 Å². The van der Waals surface area contributed by atoms with Gasteiger partial charge in [0.2, 0.25) is 5.91 Å². The molecule has 30 heavy (non-hydrogen) atoms. The number of aromatic amines is 1. The first-order valence-corrected chi connectivity index (χ1v) is 11.6. The number of nitrogens with zero attached hydrogens (tertiary/aromatic N) is 3. The number of aromatic nitrogens is 2. The number of carbonyl (C=O) groups excluding carboxylic acids is 1. The lowest BCUT2D eigenvalue weighted by Crippen LogP contribution is -2.41. The number of para-hydroxylation sites is 1. The summed E-state index contributed by atoms with van der Waals surface area (Å²) in [5, 5.41) is 0.591. The van der Waals surface area contributed by atoms with Gasteiger partial charge in [-0.1, -0.05) is 18.6 Å². The molecule has 2 aliphatic heterocycles. The molecule has 1 aromatic carbocycles. The fourth-order valence-corrected chi connectivity index (χ4v) is 4.95. The molecule has 2 saturated heterocycles. The van der Waals surface area contributed by atoms with Gasteiger partial charge in [0.05, 0.1) is 10.9 Å². The smallest absolute Gasteiger partial charge is 0.258 e. The molecule has 1 N–H and O–H groups in total. The maximum Gasteiger partial charge on any atom is 0.258 e. The Morgan fingerprint density at radius 2 is 1.93 bits per heavy atom. The van der Waals surface area contributed by atoms with Gasteiger partial charge in [0, 0.05) is 32.0 Å². The van der Waals surface area contributed by atoms with E-state index in [1.54, 1.807) is 6.07 Å². The van der Waals surface area contributed by atoms with Crippen molar-refractivity contribution in [3.63, 3.8) is 0 Å². The van der Waals surface area contributed by atoms with Crippen LogP contribution in [-0.2, 0) is 11.2 Å². The number of fused-ring (bicyclic) bond motifs is 1. The monoisotopic (exact) mass is 410 g/mol. The molecule has 162 valence electrons.